The Bertz CT molecular complexity index is 486. The van der Waals surface area contributed by atoms with Gasteiger partial charge in [0.05, 0.1) is 0 Å². The quantitative estimate of drug-likeness (QED) is 0.740. The second-order valence-electron chi connectivity index (χ2n) is 6.92. The Morgan fingerprint density at radius 2 is 2.10 bits per heavy atom. The Balaban J connectivity index is 1.85. The van der Waals surface area contributed by atoms with Crippen molar-refractivity contribution in [3.05, 3.63) is 23.9 Å². The van der Waals surface area contributed by atoms with Gasteiger partial charge in [0, 0.05) is 12.7 Å². The molecule has 1 aliphatic carbocycles. The first-order valence-electron chi connectivity index (χ1n) is 7.18. The van der Waals surface area contributed by atoms with Crippen molar-refractivity contribution in [1.82, 2.24) is 9.96 Å². The zero-order valence-corrected chi connectivity index (χ0v) is 12.3. The van der Waals surface area contributed by atoms with Crippen LogP contribution in [0.15, 0.2) is 23.9 Å². The number of likely N-dealkylation sites (tertiary alicyclic amines) is 1. The van der Waals surface area contributed by atoms with Gasteiger partial charge < -0.3 is 4.74 Å². The number of piperidine rings is 1. The highest BCUT2D eigenvalue weighted by Crippen LogP contribution is 2.59. The minimum atomic E-state index is -0.527. The normalized spacial score (nSPS) is 27.2. The minimum Gasteiger partial charge on any atom is -0.444 e. The maximum atomic E-state index is 12.4. The molecule has 1 N–H and O–H groups in total. The van der Waals surface area contributed by atoms with E-state index >= 15 is 0 Å². The molecule has 0 bridgehead atoms. The summed E-state index contributed by atoms with van der Waals surface area (Å²) in [6.07, 6.45) is 7.96. The van der Waals surface area contributed by atoms with Crippen molar-refractivity contribution in [3.63, 3.8) is 0 Å². The lowest BCUT2D eigenvalue weighted by atomic mass is 9.84. The Hall–Kier alpha value is -1.49. The average Bonchev–Trinajstić information content (AvgIpc) is 3.09. The largest absolute Gasteiger partial charge is 0.444 e. The number of allylic oxidation sites excluding steroid dienone is 2. The molecular formula is C15H22N2O3. The Morgan fingerprint density at radius 3 is 2.70 bits per heavy atom. The lowest BCUT2D eigenvalue weighted by Crippen LogP contribution is -2.56. The topological polar surface area (TPSA) is 53.0 Å². The van der Waals surface area contributed by atoms with Crippen LogP contribution in [0.1, 0.15) is 40.0 Å². The second kappa shape index (κ2) is 4.25. The van der Waals surface area contributed by atoms with Gasteiger partial charge in [-0.2, -0.15) is 0 Å². The van der Waals surface area contributed by atoms with E-state index < -0.39 is 11.8 Å². The molecule has 0 aromatic rings. The van der Waals surface area contributed by atoms with Crippen LogP contribution in [0.3, 0.4) is 0 Å². The summed E-state index contributed by atoms with van der Waals surface area (Å²) in [4.78, 5) is 14.0. The summed E-state index contributed by atoms with van der Waals surface area (Å²) in [5.74, 6) is 0. The first-order valence-corrected chi connectivity index (χ1v) is 7.18. The molecule has 0 aromatic heterocycles. The first kappa shape index (κ1) is 13.5. The van der Waals surface area contributed by atoms with Crippen molar-refractivity contribution in [3.8, 4) is 0 Å². The van der Waals surface area contributed by atoms with Crippen LogP contribution in [0.25, 0.3) is 0 Å². The van der Waals surface area contributed by atoms with Crippen LogP contribution in [-0.2, 0) is 4.74 Å². The van der Waals surface area contributed by atoms with E-state index in [-0.39, 0.29) is 11.5 Å². The van der Waals surface area contributed by atoms with E-state index in [0.717, 1.165) is 29.9 Å². The Kier molecular flexibility index (Phi) is 2.87. The van der Waals surface area contributed by atoms with Crippen molar-refractivity contribution in [2.45, 2.75) is 51.8 Å². The first-order chi connectivity index (χ1) is 9.32. The number of carbonyl (C=O) groups is 1. The summed E-state index contributed by atoms with van der Waals surface area (Å²) in [6, 6.07) is 0. The highest BCUT2D eigenvalue weighted by atomic mass is 16.6. The van der Waals surface area contributed by atoms with Gasteiger partial charge in [0.2, 0.25) is 0 Å². The third-order valence-electron chi connectivity index (χ3n) is 4.26. The van der Waals surface area contributed by atoms with Gasteiger partial charge in [0.1, 0.15) is 5.60 Å². The molecule has 5 nitrogen and oxygen atoms in total. The number of nitrogens with zero attached hydrogens (tertiary/aromatic N) is 2. The number of hydrogen-bond donors (Lipinski definition) is 1. The zero-order chi connectivity index (χ0) is 14.5. The third kappa shape index (κ3) is 2.20. The molecule has 0 radical (unpaired) electrons. The SMILES string of the molecule is CC(C)(C)OC(=O)N1CCC2(CC2)C2=CC=CN(O)C21. The lowest BCUT2D eigenvalue weighted by molar-refractivity contribution is -0.129. The van der Waals surface area contributed by atoms with Crippen molar-refractivity contribution < 1.29 is 14.7 Å². The lowest BCUT2D eigenvalue weighted by Gasteiger charge is -2.45. The fourth-order valence-electron chi connectivity index (χ4n) is 3.11. The van der Waals surface area contributed by atoms with Crippen LogP contribution in [0, 0.1) is 5.41 Å². The molecule has 1 spiro atoms. The fraction of sp³-hybridized carbons (Fsp3) is 0.667. The van der Waals surface area contributed by atoms with Crippen LogP contribution in [0.4, 0.5) is 4.79 Å². The van der Waals surface area contributed by atoms with Crippen LogP contribution >= 0.6 is 0 Å². The van der Waals surface area contributed by atoms with Gasteiger partial charge in [-0.1, -0.05) is 6.08 Å². The predicted octanol–water partition coefficient (Wildman–Crippen LogP) is 2.88. The van der Waals surface area contributed by atoms with Crippen LogP contribution in [0.2, 0.25) is 0 Å². The molecule has 3 rings (SSSR count). The van der Waals surface area contributed by atoms with Crippen LogP contribution in [0.5, 0.6) is 0 Å². The molecule has 1 saturated carbocycles. The monoisotopic (exact) mass is 278 g/mol. The molecule has 2 heterocycles. The summed E-state index contributed by atoms with van der Waals surface area (Å²) < 4.78 is 5.46. The third-order valence-corrected chi connectivity index (χ3v) is 4.26. The number of ether oxygens (including phenoxy) is 1. The highest BCUT2D eigenvalue weighted by Gasteiger charge is 2.55. The van der Waals surface area contributed by atoms with Gasteiger partial charge in [-0.05, 0) is 57.1 Å². The van der Waals surface area contributed by atoms with E-state index in [1.165, 1.54) is 0 Å². The Morgan fingerprint density at radius 1 is 1.40 bits per heavy atom. The summed E-state index contributed by atoms with van der Waals surface area (Å²) >= 11 is 0. The molecule has 110 valence electrons. The predicted molar refractivity (Wildman–Crippen MR) is 73.9 cm³/mol. The van der Waals surface area contributed by atoms with E-state index in [2.05, 4.69) is 0 Å². The van der Waals surface area contributed by atoms with E-state index in [1.54, 1.807) is 11.1 Å². The number of amides is 1. The molecule has 1 saturated heterocycles. The molecule has 3 aliphatic rings. The zero-order valence-electron chi connectivity index (χ0n) is 12.3. The molecule has 1 amide bonds. The summed E-state index contributed by atoms with van der Waals surface area (Å²) in [5, 5.41) is 11.3. The van der Waals surface area contributed by atoms with Gasteiger partial charge in [0.15, 0.2) is 6.17 Å². The van der Waals surface area contributed by atoms with Crippen molar-refractivity contribution in [2.75, 3.05) is 6.54 Å². The van der Waals surface area contributed by atoms with Crippen LogP contribution in [-0.4, -0.2) is 39.6 Å². The summed E-state index contributed by atoms with van der Waals surface area (Å²) in [7, 11) is 0. The fourth-order valence-corrected chi connectivity index (χ4v) is 3.11. The molecule has 20 heavy (non-hydrogen) atoms. The maximum absolute atomic E-state index is 12.4. The molecule has 0 aromatic carbocycles. The van der Waals surface area contributed by atoms with E-state index in [9.17, 15) is 10.0 Å². The van der Waals surface area contributed by atoms with Crippen molar-refractivity contribution in [1.29, 1.82) is 0 Å². The molecular weight excluding hydrogens is 256 g/mol. The van der Waals surface area contributed by atoms with Gasteiger partial charge in [-0.15, -0.1) is 0 Å². The highest BCUT2D eigenvalue weighted by molar-refractivity contribution is 5.70. The number of rotatable bonds is 0. The Labute approximate surface area is 119 Å². The standard InChI is InChI=1S/C15H22N2O3/c1-14(2,3)20-13(18)16-10-8-15(6-7-15)11-5-4-9-17(19)12(11)16/h4-5,9,12,19H,6-8,10H2,1-3H3. The molecule has 2 aliphatic heterocycles. The molecule has 2 fully saturated rings. The smallest absolute Gasteiger partial charge is 0.412 e. The van der Waals surface area contributed by atoms with E-state index in [0.29, 0.717) is 6.54 Å². The van der Waals surface area contributed by atoms with E-state index in [1.807, 2.05) is 32.9 Å². The van der Waals surface area contributed by atoms with Crippen molar-refractivity contribution in [2.24, 2.45) is 5.41 Å². The molecule has 1 unspecified atom stereocenters. The number of carbonyl (C=O) groups excluding carboxylic acids is 1. The van der Waals surface area contributed by atoms with Gasteiger partial charge in [0.25, 0.3) is 0 Å². The number of fused-ring (bicyclic) bond motifs is 2. The summed E-state index contributed by atoms with van der Waals surface area (Å²) in [5.41, 5.74) is 0.815. The maximum Gasteiger partial charge on any atom is 0.412 e. The average molecular weight is 278 g/mol. The molecule has 5 heteroatoms. The second-order valence-corrected chi connectivity index (χ2v) is 6.92. The number of hydrogen-bond acceptors (Lipinski definition) is 4. The van der Waals surface area contributed by atoms with Crippen molar-refractivity contribution >= 4 is 6.09 Å². The van der Waals surface area contributed by atoms with Gasteiger partial charge in [-0.3, -0.25) is 10.1 Å². The van der Waals surface area contributed by atoms with E-state index in [4.69, 9.17) is 4.74 Å². The minimum absolute atomic E-state index is 0.203. The van der Waals surface area contributed by atoms with Crippen LogP contribution < -0.4 is 0 Å². The number of hydroxylamine groups is 2. The van der Waals surface area contributed by atoms with Gasteiger partial charge in [-0.25, -0.2) is 9.86 Å². The van der Waals surface area contributed by atoms with Gasteiger partial charge >= 0.3 is 6.09 Å². The summed E-state index contributed by atoms with van der Waals surface area (Å²) in [6.45, 7) is 6.18. The molecule has 1 atom stereocenters.